The molecule has 20 heavy (non-hydrogen) atoms. The third-order valence-corrected chi connectivity index (χ3v) is 5.43. The molecule has 1 aliphatic rings. The lowest BCUT2D eigenvalue weighted by Gasteiger charge is -2.12. The van der Waals surface area contributed by atoms with Gasteiger partial charge in [0.15, 0.2) is 9.84 Å². The summed E-state index contributed by atoms with van der Waals surface area (Å²) in [5.41, 5.74) is 0.926. The van der Waals surface area contributed by atoms with E-state index in [0.717, 1.165) is 12.2 Å². The predicted molar refractivity (Wildman–Crippen MR) is 80.9 cm³/mol. The Morgan fingerprint density at radius 2 is 1.85 bits per heavy atom. The van der Waals surface area contributed by atoms with Crippen molar-refractivity contribution in [3.8, 4) is 0 Å². The van der Waals surface area contributed by atoms with Crippen LogP contribution in [0.3, 0.4) is 0 Å². The maximum Gasteiger partial charge on any atom is 0.178 e. The molecule has 1 aromatic carbocycles. The highest BCUT2D eigenvalue weighted by molar-refractivity contribution is 7.91. The number of rotatable bonds is 7. The minimum atomic E-state index is -3.10. The standard InChI is InChI=1S/C15H23NO3S/c1-2-20(17,18)15-9-7-13(8-10-15)16-11-12-19-14-5-3-4-6-14/h7-10,14,16H,2-6,11-12H2,1H3. The van der Waals surface area contributed by atoms with Crippen LogP contribution in [0.5, 0.6) is 0 Å². The zero-order valence-electron chi connectivity index (χ0n) is 12.0. The smallest absolute Gasteiger partial charge is 0.178 e. The van der Waals surface area contributed by atoms with Crippen LogP contribution in [0.15, 0.2) is 29.2 Å². The van der Waals surface area contributed by atoms with Crippen LogP contribution >= 0.6 is 0 Å². The van der Waals surface area contributed by atoms with Crippen LogP contribution < -0.4 is 5.32 Å². The highest BCUT2D eigenvalue weighted by Crippen LogP contribution is 2.20. The Kier molecular flexibility index (Phi) is 5.43. The second-order valence-electron chi connectivity index (χ2n) is 5.13. The average Bonchev–Trinajstić information content (AvgIpc) is 2.97. The van der Waals surface area contributed by atoms with Gasteiger partial charge in [0.05, 0.1) is 23.4 Å². The molecule has 0 heterocycles. The topological polar surface area (TPSA) is 55.4 Å². The van der Waals surface area contributed by atoms with Crippen LogP contribution in [0.25, 0.3) is 0 Å². The molecule has 0 bridgehead atoms. The van der Waals surface area contributed by atoms with Crippen molar-refractivity contribution in [2.45, 2.75) is 43.6 Å². The van der Waals surface area contributed by atoms with Crippen LogP contribution in [-0.4, -0.2) is 33.4 Å². The molecular weight excluding hydrogens is 274 g/mol. The van der Waals surface area contributed by atoms with E-state index < -0.39 is 9.84 Å². The zero-order valence-corrected chi connectivity index (χ0v) is 12.8. The van der Waals surface area contributed by atoms with Crippen molar-refractivity contribution in [1.29, 1.82) is 0 Å². The molecule has 0 spiro atoms. The van der Waals surface area contributed by atoms with Crippen LogP contribution in [0, 0.1) is 0 Å². The number of ether oxygens (including phenoxy) is 1. The van der Waals surface area contributed by atoms with E-state index in [9.17, 15) is 8.42 Å². The lowest BCUT2D eigenvalue weighted by molar-refractivity contribution is 0.0659. The molecule has 0 aromatic heterocycles. The quantitative estimate of drug-likeness (QED) is 0.786. The number of hydrogen-bond acceptors (Lipinski definition) is 4. The SMILES string of the molecule is CCS(=O)(=O)c1ccc(NCCOC2CCCC2)cc1. The van der Waals surface area contributed by atoms with Gasteiger partial charge in [-0.1, -0.05) is 19.8 Å². The zero-order chi connectivity index (χ0) is 14.4. The van der Waals surface area contributed by atoms with Crippen molar-refractivity contribution < 1.29 is 13.2 Å². The van der Waals surface area contributed by atoms with E-state index >= 15 is 0 Å². The van der Waals surface area contributed by atoms with Gasteiger partial charge in [0.2, 0.25) is 0 Å². The molecule has 0 radical (unpaired) electrons. The average molecular weight is 297 g/mol. The van der Waals surface area contributed by atoms with Crippen LogP contribution in [0.1, 0.15) is 32.6 Å². The first kappa shape index (κ1) is 15.3. The van der Waals surface area contributed by atoms with Gasteiger partial charge in [0, 0.05) is 12.2 Å². The highest BCUT2D eigenvalue weighted by Gasteiger charge is 2.14. The summed E-state index contributed by atoms with van der Waals surface area (Å²) in [5, 5.41) is 3.25. The number of nitrogens with one attached hydrogen (secondary N) is 1. The van der Waals surface area contributed by atoms with Crippen molar-refractivity contribution in [1.82, 2.24) is 0 Å². The summed E-state index contributed by atoms with van der Waals surface area (Å²) in [7, 11) is -3.10. The normalized spacial score (nSPS) is 16.4. The van der Waals surface area contributed by atoms with Gasteiger partial charge < -0.3 is 10.1 Å². The Morgan fingerprint density at radius 1 is 1.20 bits per heavy atom. The largest absolute Gasteiger partial charge is 0.383 e. The number of sulfone groups is 1. The highest BCUT2D eigenvalue weighted by atomic mass is 32.2. The van der Waals surface area contributed by atoms with E-state index in [-0.39, 0.29) is 5.75 Å². The van der Waals surface area contributed by atoms with Gasteiger partial charge in [0.25, 0.3) is 0 Å². The molecule has 5 heteroatoms. The van der Waals surface area contributed by atoms with Crippen molar-refractivity contribution >= 4 is 15.5 Å². The third-order valence-electron chi connectivity index (χ3n) is 3.68. The molecule has 1 aromatic rings. The number of benzene rings is 1. The van der Waals surface area contributed by atoms with Crippen molar-refractivity contribution in [2.75, 3.05) is 24.2 Å². The summed E-state index contributed by atoms with van der Waals surface area (Å²) < 4.78 is 29.1. The minimum absolute atomic E-state index is 0.134. The number of anilines is 1. The molecule has 2 rings (SSSR count). The van der Waals surface area contributed by atoms with Crippen molar-refractivity contribution in [3.05, 3.63) is 24.3 Å². The Hall–Kier alpha value is -1.07. The maximum absolute atomic E-state index is 11.7. The molecule has 0 atom stereocenters. The summed E-state index contributed by atoms with van der Waals surface area (Å²) in [6, 6.07) is 6.91. The van der Waals surface area contributed by atoms with Crippen molar-refractivity contribution in [2.24, 2.45) is 0 Å². The first-order valence-electron chi connectivity index (χ1n) is 7.30. The molecule has 0 aliphatic heterocycles. The van der Waals surface area contributed by atoms with Gasteiger partial charge in [-0.15, -0.1) is 0 Å². The molecule has 1 N–H and O–H groups in total. The van der Waals surface area contributed by atoms with Gasteiger partial charge in [-0.3, -0.25) is 0 Å². The lowest BCUT2D eigenvalue weighted by atomic mass is 10.3. The van der Waals surface area contributed by atoms with Gasteiger partial charge in [0.1, 0.15) is 0 Å². The van der Waals surface area contributed by atoms with Gasteiger partial charge in [-0.05, 0) is 37.1 Å². The van der Waals surface area contributed by atoms with E-state index in [4.69, 9.17) is 4.74 Å². The van der Waals surface area contributed by atoms with E-state index in [1.165, 1.54) is 25.7 Å². The van der Waals surface area contributed by atoms with Crippen molar-refractivity contribution in [3.63, 3.8) is 0 Å². The van der Waals surface area contributed by atoms with Crippen LogP contribution in [0.4, 0.5) is 5.69 Å². The predicted octanol–water partition coefficient (Wildman–Crippen LogP) is 2.85. The summed E-state index contributed by atoms with van der Waals surface area (Å²) in [4.78, 5) is 0.382. The van der Waals surface area contributed by atoms with E-state index in [1.54, 1.807) is 31.2 Å². The van der Waals surface area contributed by atoms with E-state index in [2.05, 4.69) is 5.32 Å². The fourth-order valence-electron chi connectivity index (χ4n) is 2.42. The van der Waals surface area contributed by atoms with E-state index in [1.807, 2.05) is 0 Å². The molecular formula is C15H23NO3S. The van der Waals surface area contributed by atoms with E-state index in [0.29, 0.717) is 17.6 Å². The Balaban J connectivity index is 1.76. The van der Waals surface area contributed by atoms with Gasteiger partial charge in [-0.2, -0.15) is 0 Å². The Labute approximate surface area is 121 Å². The molecule has 4 nitrogen and oxygen atoms in total. The molecule has 0 unspecified atom stereocenters. The fourth-order valence-corrected chi connectivity index (χ4v) is 3.31. The molecule has 0 amide bonds. The van der Waals surface area contributed by atoms with Gasteiger partial charge in [-0.25, -0.2) is 8.42 Å². The molecule has 1 fully saturated rings. The Morgan fingerprint density at radius 3 is 2.45 bits per heavy atom. The monoisotopic (exact) mass is 297 g/mol. The molecule has 1 aliphatic carbocycles. The molecule has 1 saturated carbocycles. The lowest BCUT2D eigenvalue weighted by Crippen LogP contribution is -2.15. The second-order valence-corrected chi connectivity index (χ2v) is 7.41. The summed E-state index contributed by atoms with van der Waals surface area (Å²) in [5.74, 6) is 0.134. The minimum Gasteiger partial charge on any atom is -0.383 e. The second kappa shape index (κ2) is 7.09. The van der Waals surface area contributed by atoms with Crippen LogP contribution in [-0.2, 0) is 14.6 Å². The number of hydrogen-bond donors (Lipinski definition) is 1. The first-order chi connectivity index (χ1) is 9.62. The maximum atomic E-state index is 11.7. The fraction of sp³-hybridized carbons (Fsp3) is 0.600. The molecule has 0 saturated heterocycles. The Bertz CT molecular complexity index is 504. The summed E-state index contributed by atoms with van der Waals surface area (Å²) in [6.07, 6.45) is 5.37. The first-order valence-corrected chi connectivity index (χ1v) is 8.95. The summed E-state index contributed by atoms with van der Waals surface area (Å²) in [6.45, 7) is 3.10. The molecule has 112 valence electrons. The summed E-state index contributed by atoms with van der Waals surface area (Å²) >= 11 is 0. The van der Waals surface area contributed by atoms with Crippen LogP contribution in [0.2, 0.25) is 0 Å². The third kappa shape index (κ3) is 4.21. The van der Waals surface area contributed by atoms with Gasteiger partial charge >= 0.3 is 0 Å².